The van der Waals surface area contributed by atoms with Crippen LogP contribution < -0.4 is 14.8 Å². The highest BCUT2D eigenvalue weighted by Gasteiger charge is 2.13. The molecule has 0 aliphatic rings. The van der Waals surface area contributed by atoms with Gasteiger partial charge in [0.15, 0.2) is 11.5 Å². The van der Waals surface area contributed by atoms with Crippen LogP contribution in [0.3, 0.4) is 0 Å². The van der Waals surface area contributed by atoms with Crippen molar-refractivity contribution in [3.63, 3.8) is 0 Å². The molecule has 0 bridgehead atoms. The van der Waals surface area contributed by atoms with Gasteiger partial charge in [-0.25, -0.2) is 4.98 Å². The summed E-state index contributed by atoms with van der Waals surface area (Å²) in [5.74, 6) is 1.04. The third-order valence-electron chi connectivity index (χ3n) is 4.15. The van der Waals surface area contributed by atoms with Gasteiger partial charge in [0.1, 0.15) is 11.1 Å². The first-order valence-corrected chi connectivity index (χ1v) is 10.2. The zero-order valence-corrected chi connectivity index (χ0v) is 17.9. The number of carbonyl (C=O) groups excluding carboxylic acids is 1. The first kappa shape index (κ1) is 21.5. The van der Waals surface area contributed by atoms with E-state index in [0.29, 0.717) is 38.5 Å². The Kier molecular flexibility index (Phi) is 7.17. The summed E-state index contributed by atoms with van der Waals surface area (Å²) in [7, 11) is 3.13. The highest BCUT2D eigenvalue weighted by molar-refractivity contribution is 8.00. The number of thioether (sulfide) groups is 1. The maximum atomic E-state index is 12.3. The van der Waals surface area contributed by atoms with Crippen LogP contribution >= 0.6 is 23.4 Å². The highest BCUT2D eigenvalue weighted by Crippen LogP contribution is 2.33. The smallest absolute Gasteiger partial charge is 0.234 e. The number of benzene rings is 2. The average molecular weight is 440 g/mol. The van der Waals surface area contributed by atoms with E-state index in [2.05, 4.69) is 16.4 Å². The number of anilines is 1. The quantitative estimate of drug-likeness (QED) is 0.520. The van der Waals surface area contributed by atoms with Crippen LogP contribution in [0.2, 0.25) is 5.02 Å². The van der Waals surface area contributed by atoms with Gasteiger partial charge in [0.25, 0.3) is 0 Å². The second-order valence-corrected chi connectivity index (χ2v) is 7.42. The number of halogens is 1. The van der Waals surface area contributed by atoms with Gasteiger partial charge in [0.05, 0.1) is 41.9 Å². The van der Waals surface area contributed by atoms with E-state index < -0.39 is 0 Å². The molecule has 0 radical (unpaired) electrons. The minimum atomic E-state index is -0.240. The number of carbonyl (C=O) groups is 1. The van der Waals surface area contributed by atoms with Gasteiger partial charge in [-0.2, -0.15) is 5.26 Å². The van der Waals surface area contributed by atoms with Crippen LogP contribution in [0.25, 0.3) is 11.3 Å². The molecule has 0 saturated carbocycles. The molecule has 0 aliphatic heterocycles. The summed E-state index contributed by atoms with van der Waals surface area (Å²) in [6.07, 6.45) is 0. The Hall–Kier alpha value is -3.21. The molecule has 3 aromatic rings. The molecule has 1 heterocycles. The molecule has 152 valence electrons. The number of ether oxygens (including phenoxy) is 2. The van der Waals surface area contributed by atoms with Crippen molar-refractivity contribution in [2.75, 3.05) is 25.3 Å². The molecule has 0 fully saturated rings. The Balaban J connectivity index is 1.79. The van der Waals surface area contributed by atoms with Gasteiger partial charge in [0, 0.05) is 5.56 Å². The average Bonchev–Trinajstić information content (AvgIpc) is 2.78. The fraction of sp³-hybridized carbons (Fsp3) is 0.136. The number of hydrogen-bond donors (Lipinski definition) is 1. The first-order chi connectivity index (χ1) is 14.5. The molecular formula is C22H18ClN3O3S. The van der Waals surface area contributed by atoms with E-state index in [1.54, 1.807) is 56.7 Å². The summed E-state index contributed by atoms with van der Waals surface area (Å²) in [5, 5.41) is 13.1. The van der Waals surface area contributed by atoms with E-state index >= 15 is 0 Å². The van der Waals surface area contributed by atoms with Gasteiger partial charge in [-0.1, -0.05) is 35.5 Å². The molecule has 8 heteroatoms. The second-order valence-electron chi connectivity index (χ2n) is 6.05. The molecular weight excluding hydrogens is 422 g/mol. The Labute approximate surface area is 183 Å². The molecule has 0 spiro atoms. The minimum Gasteiger partial charge on any atom is -0.493 e. The van der Waals surface area contributed by atoms with Crippen molar-refractivity contribution in [3.8, 4) is 28.8 Å². The Morgan fingerprint density at radius 1 is 1.13 bits per heavy atom. The van der Waals surface area contributed by atoms with Gasteiger partial charge in [-0.3, -0.25) is 4.79 Å². The number of pyridine rings is 1. The van der Waals surface area contributed by atoms with Crippen molar-refractivity contribution < 1.29 is 14.3 Å². The summed E-state index contributed by atoms with van der Waals surface area (Å²) >= 11 is 7.26. The third kappa shape index (κ3) is 5.03. The summed E-state index contributed by atoms with van der Waals surface area (Å²) in [6, 6.07) is 18.0. The van der Waals surface area contributed by atoms with Crippen LogP contribution in [-0.4, -0.2) is 30.9 Å². The Morgan fingerprint density at radius 2 is 1.90 bits per heavy atom. The zero-order chi connectivity index (χ0) is 21.5. The number of nitrogens with one attached hydrogen (secondary N) is 1. The minimum absolute atomic E-state index is 0.0856. The number of hydrogen-bond acceptors (Lipinski definition) is 6. The molecule has 0 unspecified atom stereocenters. The number of methoxy groups -OCH3 is 2. The highest BCUT2D eigenvalue weighted by atomic mass is 35.5. The van der Waals surface area contributed by atoms with E-state index in [0.717, 1.165) is 5.56 Å². The monoisotopic (exact) mass is 439 g/mol. The zero-order valence-electron chi connectivity index (χ0n) is 16.3. The molecule has 1 aromatic heterocycles. The molecule has 6 nitrogen and oxygen atoms in total. The van der Waals surface area contributed by atoms with Crippen LogP contribution in [0.5, 0.6) is 11.5 Å². The van der Waals surface area contributed by atoms with Crippen molar-refractivity contribution in [3.05, 3.63) is 65.2 Å². The van der Waals surface area contributed by atoms with Gasteiger partial charge in [-0.05, 0) is 42.5 Å². The summed E-state index contributed by atoms with van der Waals surface area (Å²) in [4.78, 5) is 16.9. The topological polar surface area (TPSA) is 84.2 Å². The van der Waals surface area contributed by atoms with Gasteiger partial charge in [0.2, 0.25) is 5.91 Å². The number of nitriles is 1. The fourth-order valence-electron chi connectivity index (χ4n) is 2.67. The van der Waals surface area contributed by atoms with E-state index in [1.807, 2.05) is 12.1 Å². The number of nitrogens with zero attached hydrogens (tertiary/aromatic N) is 2. The van der Waals surface area contributed by atoms with Crippen molar-refractivity contribution in [2.24, 2.45) is 0 Å². The van der Waals surface area contributed by atoms with E-state index in [4.69, 9.17) is 21.1 Å². The van der Waals surface area contributed by atoms with Crippen LogP contribution in [0.4, 0.5) is 5.69 Å². The number of aromatic nitrogens is 1. The number of para-hydroxylation sites is 1. The molecule has 1 N–H and O–H groups in total. The molecule has 1 amide bonds. The first-order valence-electron chi connectivity index (χ1n) is 8.86. The van der Waals surface area contributed by atoms with E-state index in [-0.39, 0.29) is 11.7 Å². The summed E-state index contributed by atoms with van der Waals surface area (Å²) in [6.45, 7) is 0. The standard InChI is InChI=1S/C22H18ClN3O3S/c1-28-19-10-8-14(11-20(19)29-2)17-9-7-15(12-24)22(26-17)30-13-21(27)25-18-6-4-3-5-16(18)23/h3-11H,13H2,1-2H3,(H,25,27). The van der Waals surface area contributed by atoms with Gasteiger partial charge >= 0.3 is 0 Å². The van der Waals surface area contributed by atoms with Crippen LogP contribution in [0.15, 0.2) is 59.6 Å². The largest absolute Gasteiger partial charge is 0.493 e. The van der Waals surface area contributed by atoms with Crippen molar-refractivity contribution in [1.29, 1.82) is 5.26 Å². The normalized spacial score (nSPS) is 10.2. The summed E-state index contributed by atoms with van der Waals surface area (Å²) in [5.41, 5.74) is 2.40. The predicted molar refractivity (Wildman–Crippen MR) is 118 cm³/mol. The lowest BCUT2D eigenvalue weighted by Crippen LogP contribution is -2.14. The third-order valence-corrected chi connectivity index (χ3v) is 5.47. The maximum Gasteiger partial charge on any atom is 0.234 e. The second kappa shape index (κ2) is 10.0. The van der Waals surface area contributed by atoms with Crippen LogP contribution in [0.1, 0.15) is 5.56 Å². The molecule has 2 aromatic carbocycles. The number of amides is 1. The van der Waals surface area contributed by atoms with Crippen molar-refractivity contribution in [1.82, 2.24) is 4.98 Å². The Bertz CT molecular complexity index is 1120. The summed E-state index contributed by atoms with van der Waals surface area (Å²) < 4.78 is 10.6. The maximum absolute atomic E-state index is 12.3. The van der Waals surface area contributed by atoms with Crippen LogP contribution in [0, 0.1) is 11.3 Å². The number of rotatable bonds is 7. The molecule has 30 heavy (non-hydrogen) atoms. The lowest BCUT2D eigenvalue weighted by atomic mass is 10.1. The Morgan fingerprint density at radius 3 is 2.60 bits per heavy atom. The van der Waals surface area contributed by atoms with Crippen molar-refractivity contribution in [2.45, 2.75) is 5.03 Å². The molecule has 0 atom stereocenters. The SMILES string of the molecule is COc1ccc(-c2ccc(C#N)c(SCC(=O)Nc3ccccc3Cl)n2)cc1OC. The lowest BCUT2D eigenvalue weighted by Gasteiger charge is -2.11. The van der Waals surface area contributed by atoms with E-state index in [1.165, 1.54) is 11.8 Å². The van der Waals surface area contributed by atoms with E-state index in [9.17, 15) is 10.1 Å². The van der Waals surface area contributed by atoms with Gasteiger partial charge < -0.3 is 14.8 Å². The lowest BCUT2D eigenvalue weighted by molar-refractivity contribution is -0.113. The van der Waals surface area contributed by atoms with Crippen molar-refractivity contribution >= 4 is 35.0 Å². The molecule has 0 aliphatic carbocycles. The molecule has 0 saturated heterocycles. The molecule has 3 rings (SSSR count). The fourth-order valence-corrected chi connectivity index (χ4v) is 3.63. The predicted octanol–water partition coefficient (Wildman–Crippen LogP) is 5.02. The van der Waals surface area contributed by atoms with Gasteiger partial charge in [-0.15, -0.1) is 0 Å². The van der Waals surface area contributed by atoms with Crippen LogP contribution in [-0.2, 0) is 4.79 Å².